The third kappa shape index (κ3) is 3.31. The van der Waals surface area contributed by atoms with E-state index in [9.17, 15) is 9.50 Å². The minimum atomic E-state index is -0.483. The third-order valence-electron chi connectivity index (χ3n) is 5.05. The van der Waals surface area contributed by atoms with Crippen LogP contribution in [-0.4, -0.2) is 46.9 Å². The van der Waals surface area contributed by atoms with Gasteiger partial charge in [-0.3, -0.25) is 5.10 Å². The molecule has 0 saturated heterocycles. The number of aromatic amines is 1. The highest BCUT2D eigenvalue weighted by Crippen LogP contribution is 2.39. The van der Waals surface area contributed by atoms with Crippen LogP contribution in [0.2, 0.25) is 0 Å². The fourth-order valence-corrected chi connectivity index (χ4v) is 3.29. The molecule has 29 heavy (non-hydrogen) atoms. The quantitative estimate of drug-likeness (QED) is 0.460. The summed E-state index contributed by atoms with van der Waals surface area (Å²) in [5.74, 6) is 1.15. The molecule has 148 valence electrons. The van der Waals surface area contributed by atoms with E-state index in [2.05, 4.69) is 35.8 Å². The highest BCUT2D eigenvalue weighted by Gasteiger charge is 2.26. The van der Waals surface area contributed by atoms with Crippen LogP contribution in [0.4, 0.5) is 10.3 Å². The number of aliphatic hydroxyl groups excluding tert-OH is 1. The molecule has 3 aromatic heterocycles. The van der Waals surface area contributed by atoms with Crippen LogP contribution >= 0.6 is 0 Å². The largest absolute Gasteiger partial charge is 0.394 e. The highest BCUT2D eigenvalue weighted by molar-refractivity contribution is 5.75. The zero-order chi connectivity index (χ0) is 20.0. The standard InChI is InChI=1S/C19H19FN8O/c1-10-17-18(28(27-26-17)16-8-14(24-25-16)11-2-3-11)23-19(21-10)22-15(9-29)12-4-6-13(20)7-5-12/h4-8,11,15,29H,2-3,9H2,1H3,(H,24,25)(H,21,22,23)/t15-/m0/s1. The molecule has 0 unspecified atom stereocenters. The molecule has 1 fully saturated rings. The van der Waals surface area contributed by atoms with E-state index in [0.29, 0.717) is 34.5 Å². The van der Waals surface area contributed by atoms with E-state index in [-0.39, 0.29) is 12.4 Å². The molecule has 4 aromatic rings. The molecule has 0 amide bonds. The Labute approximate surface area is 165 Å². The van der Waals surface area contributed by atoms with Crippen molar-refractivity contribution < 1.29 is 9.50 Å². The SMILES string of the molecule is Cc1nc(N[C@@H](CO)c2ccc(F)cc2)nc2c1nnn2-c1cc(C2CC2)[nH]n1. The molecule has 0 aliphatic heterocycles. The van der Waals surface area contributed by atoms with Gasteiger partial charge in [0, 0.05) is 17.7 Å². The maximum absolute atomic E-state index is 13.2. The van der Waals surface area contributed by atoms with Crippen LogP contribution in [-0.2, 0) is 0 Å². The first-order chi connectivity index (χ1) is 14.1. The number of hydrogen-bond acceptors (Lipinski definition) is 7. The van der Waals surface area contributed by atoms with Gasteiger partial charge in [-0.2, -0.15) is 14.8 Å². The first-order valence-electron chi connectivity index (χ1n) is 9.41. The molecule has 9 nitrogen and oxygen atoms in total. The Morgan fingerprint density at radius 1 is 1.28 bits per heavy atom. The van der Waals surface area contributed by atoms with Gasteiger partial charge in [0.15, 0.2) is 17.0 Å². The molecule has 1 atom stereocenters. The van der Waals surface area contributed by atoms with Crippen LogP contribution in [0, 0.1) is 12.7 Å². The number of nitrogens with zero attached hydrogens (tertiary/aromatic N) is 6. The van der Waals surface area contributed by atoms with Crippen LogP contribution in [0.5, 0.6) is 0 Å². The zero-order valence-corrected chi connectivity index (χ0v) is 15.7. The molecule has 3 heterocycles. The van der Waals surface area contributed by atoms with E-state index in [1.165, 1.54) is 25.0 Å². The predicted octanol–water partition coefficient (Wildman–Crippen LogP) is 2.40. The predicted molar refractivity (Wildman–Crippen MR) is 103 cm³/mol. The van der Waals surface area contributed by atoms with E-state index < -0.39 is 6.04 Å². The molecular weight excluding hydrogens is 375 g/mol. The van der Waals surface area contributed by atoms with E-state index in [4.69, 9.17) is 0 Å². The number of H-pyrrole nitrogens is 1. The van der Waals surface area contributed by atoms with Gasteiger partial charge in [0.1, 0.15) is 5.82 Å². The number of rotatable bonds is 6. The van der Waals surface area contributed by atoms with Crippen molar-refractivity contribution >= 4 is 17.1 Å². The minimum absolute atomic E-state index is 0.201. The van der Waals surface area contributed by atoms with Crippen molar-refractivity contribution in [3.63, 3.8) is 0 Å². The molecule has 1 saturated carbocycles. The van der Waals surface area contributed by atoms with Gasteiger partial charge < -0.3 is 10.4 Å². The first-order valence-corrected chi connectivity index (χ1v) is 9.41. The maximum atomic E-state index is 13.2. The molecule has 1 aromatic carbocycles. The average molecular weight is 394 g/mol. The number of nitrogens with one attached hydrogen (secondary N) is 2. The Hall–Kier alpha value is -3.40. The second-order valence-corrected chi connectivity index (χ2v) is 7.19. The monoisotopic (exact) mass is 394 g/mol. The molecule has 0 spiro atoms. The van der Waals surface area contributed by atoms with Crippen molar-refractivity contribution in [2.45, 2.75) is 31.7 Å². The van der Waals surface area contributed by atoms with Gasteiger partial charge >= 0.3 is 0 Å². The lowest BCUT2D eigenvalue weighted by molar-refractivity contribution is 0.276. The van der Waals surface area contributed by atoms with Crippen LogP contribution in [0.15, 0.2) is 30.3 Å². The van der Waals surface area contributed by atoms with Gasteiger partial charge in [-0.05, 0) is 37.5 Å². The normalized spacial score (nSPS) is 15.0. The number of aliphatic hydroxyl groups is 1. The number of hydrogen-bond donors (Lipinski definition) is 3. The van der Waals surface area contributed by atoms with Gasteiger partial charge in [-0.15, -0.1) is 5.10 Å². The number of aromatic nitrogens is 7. The molecule has 3 N–H and O–H groups in total. The summed E-state index contributed by atoms with van der Waals surface area (Å²) in [5, 5.41) is 28.7. The van der Waals surface area contributed by atoms with Crippen LogP contribution < -0.4 is 5.32 Å². The van der Waals surface area contributed by atoms with Gasteiger partial charge in [0.05, 0.1) is 18.3 Å². The molecule has 5 rings (SSSR count). The van der Waals surface area contributed by atoms with Crippen LogP contribution in [0.25, 0.3) is 17.0 Å². The van der Waals surface area contributed by atoms with Gasteiger partial charge in [-0.1, -0.05) is 17.3 Å². The van der Waals surface area contributed by atoms with Crippen molar-refractivity contribution in [1.82, 2.24) is 35.2 Å². The number of anilines is 1. The summed E-state index contributed by atoms with van der Waals surface area (Å²) in [7, 11) is 0. The number of aryl methyl sites for hydroxylation is 1. The topological polar surface area (TPSA) is 117 Å². The second kappa shape index (κ2) is 6.89. The fourth-order valence-electron chi connectivity index (χ4n) is 3.29. The lowest BCUT2D eigenvalue weighted by atomic mass is 10.1. The zero-order valence-electron chi connectivity index (χ0n) is 15.7. The summed E-state index contributed by atoms with van der Waals surface area (Å²) >= 11 is 0. The summed E-state index contributed by atoms with van der Waals surface area (Å²) in [5.41, 5.74) is 3.56. The summed E-state index contributed by atoms with van der Waals surface area (Å²) in [6.07, 6.45) is 2.34. The summed E-state index contributed by atoms with van der Waals surface area (Å²) in [6, 6.07) is 7.41. The number of benzene rings is 1. The second-order valence-electron chi connectivity index (χ2n) is 7.19. The van der Waals surface area contributed by atoms with E-state index in [1.54, 1.807) is 16.8 Å². The Morgan fingerprint density at radius 3 is 2.79 bits per heavy atom. The molecule has 1 aliphatic carbocycles. The van der Waals surface area contributed by atoms with Crippen molar-refractivity contribution in [2.24, 2.45) is 0 Å². The van der Waals surface area contributed by atoms with E-state index >= 15 is 0 Å². The Morgan fingerprint density at radius 2 is 2.07 bits per heavy atom. The number of fused-ring (bicyclic) bond motifs is 1. The Bertz CT molecular complexity index is 1160. The Kier molecular flexibility index (Phi) is 4.20. The first kappa shape index (κ1) is 17.7. The van der Waals surface area contributed by atoms with E-state index in [1.807, 2.05) is 13.0 Å². The van der Waals surface area contributed by atoms with Crippen molar-refractivity contribution in [2.75, 3.05) is 11.9 Å². The summed E-state index contributed by atoms with van der Waals surface area (Å²) in [4.78, 5) is 8.98. The fraction of sp³-hybridized carbons (Fsp3) is 0.316. The summed E-state index contributed by atoms with van der Waals surface area (Å²) < 4.78 is 14.8. The van der Waals surface area contributed by atoms with Gasteiger partial charge in [0.2, 0.25) is 5.95 Å². The van der Waals surface area contributed by atoms with Crippen LogP contribution in [0.3, 0.4) is 0 Å². The van der Waals surface area contributed by atoms with Crippen molar-refractivity contribution in [3.05, 3.63) is 53.1 Å². The molecule has 0 bridgehead atoms. The third-order valence-corrected chi connectivity index (χ3v) is 5.05. The summed E-state index contributed by atoms with van der Waals surface area (Å²) in [6.45, 7) is 1.62. The van der Waals surface area contributed by atoms with Crippen LogP contribution in [0.1, 0.15) is 41.8 Å². The number of halogens is 1. The lowest BCUT2D eigenvalue weighted by Crippen LogP contribution is -2.17. The molecular formula is C19H19FN8O. The van der Waals surface area contributed by atoms with E-state index in [0.717, 1.165) is 11.3 Å². The lowest BCUT2D eigenvalue weighted by Gasteiger charge is -2.17. The van der Waals surface area contributed by atoms with Crippen molar-refractivity contribution in [1.29, 1.82) is 0 Å². The smallest absolute Gasteiger partial charge is 0.225 e. The maximum Gasteiger partial charge on any atom is 0.225 e. The minimum Gasteiger partial charge on any atom is -0.394 e. The molecule has 10 heteroatoms. The van der Waals surface area contributed by atoms with Gasteiger partial charge in [0.25, 0.3) is 0 Å². The average Bonchev–Trinajstić information content (AvgIpc) is 3.29. The van der Waals surface area contributed by atoms with Crippen molar-refractivity contribution in [3.8, 4) is 5.82 Å². The Balaban J connectivity index is 1.50. The molecule has 1 aliphatic rings. The highest BCUT2D eigenvalue weighted by atomic mass is 19.1. The van der Waals surface area contributed by atoms with Gasteiger partial charge in [-0.25, -0.2) is 9.37 Å². The molecule has 0 radical (unpaired) electrons.